The first kappa shape index (κ1) is 35.0. The van der Waals surface area contributed by atoms with Crippen LogP contribution in [0, 0.1) is 11.8 Å². The summed E-state index contributed by atoms with van der Waals surface area (Å²) in [6.07, 6.45) is 1.70. The number of likely N-dealkylation sites (N-methyl/N-ethyl adjacent to an activating group) is 2. The number of aldehydes is 1. The van der Waals surface area contributed by atoms with Gasteiger partial charge in [0.25, 0.3) is 0 Å². The van der Waals surface area contributed by atoms with Crippen LogP contribution in [0.5, 0.6) is 0 Å². The SMILES string of the molecule is CCCN(C[C@@H](CC=O)OC)C(=O)C[C@@H](OC)[C@H]([C@@H](C)CC)N(C)C(=O)[C@@H](NC(=O)CN(C)C)C(C)C. The second-order valence-corrected chi connectivity index (χ2v) is 10.4. The highest BCUT2D eigenvalue weighted by Gasteiger charge is 2.38. The number of amides is 3. The topological polar surface area (TPSA) is 108 Å². The molecule has 10 nitrogen and oxygen atoms in total. The molecule has 10 heteroatoms. The third-order valence-electron chi connectivity index (χ3n) is 6.75. The number of nitrogens with one attached hydrogen (secondary N) is 1. The average molecular weight is 529 g/mol. The van der Waals surface area contributed by atoms with Crippen LogP contribution in [0.15, 0.2) is 0 Å². The molecule has 0 fully saturated rings. The highest BCUT2D eigenvalue weighted by atomic mass is 16.5. The second-order valence-electron chi connectivity index (χ2n) is 10.4. The Morgan fingerprint density at radius 1 is 1.00 bits per heavy atom. The maximum atomic E-state index is 13.7. The van der Waals surface area contributed by atoms with Crippen molar-refractivity contribution in [1.29, 1.82) is 0 Å². The lowest BCUT2D eigenvalue weighted by atomic mass is 9.89. The van der Waals surface area contributed by atoms with E-state index in [4.69, 9.17) is 9.47 Å². The fraction of sp³-hybridized carbons (Fsp3) is 0.852. The van der Waals surface area contributed by atoms with Crippen molar-refractivity contribution in [3.05, 3.63) is 0 Å². The van der Waals surface area contributed by atoms with E-state index in [9.17, 15) is 19.2 Å². The summed E-state index contributed by atoms with van der Waals surface area (Å²) < 4.78 is 11.2. The summed E-state index contributed by atoms with van der Waals surface area (Å²) >= 11 is 0. The Labute approximate surface area is 224 Å². The molecule has 0 radical (unpaired) electrons. The van der Waals surface area contributed by atoms with Gasteiger partial charge in [0.05, 0.1) is 31.2 Å². The number of ether oxygens (including phenoxy) is 2. The Balaban J connectivity index is 5.90. The molecule has 5 atom stereocenters. The zero-order valence-corrected chi connectivity index (χ0v) is 24.8. The van der Waals surface area contributed by atoms with Crippen molar-refractivity contribution in [2.75, 3.05) is 55.0 Å². The summed E-state index contributed by atoms with van der Waals surface area (Å²) in [6.45, 7) is 10.9. The smallest absolute Gasteiger partial charge is 0.245 e. The summed E-state index contributed by atoms with van der Waals surface area (Å²) in [6, 6.07) is -1.07. The largest absolute Gasteiger partial charge is 0.379 e. The number of methoxy groups -OCH3 is 2. The molecule has 37 heavy (non-hydrogen) atoms. The molecule has 0 aliphatic carbocycles. The van der Waals surface area contributed by atoms with E-state index in [1.165, 1.54) is 7.11 Å². The van der Waals surface area contributed by atoms with Crippen molar-refractivity contribution in [2.45, 2.75) is 84.6 Å². The Morgan fingerprint density at radius 3 is 2.05 bits per heavy atom. The van der Waals surface area contributed by atoms with Gasteiger partial charge < -0.3 is 34.3 Å². The van der Waals surface area contributed by atoms with Crippen LogP contribution < -0.4 is 5.32 Å². The molecular weight excluding hydrogens is 476 g/mol. The second kappa shape index (κ2) is 18.3. The van der Waals surface area contributed by atoms with E-state index in [0.29, 0.717) is 13.1 Å². The number of hydrogen-bond donors (Lipinski definition) is 1. The van der Waals surface area contributed by atoms with Gasteiger partial charge >= 0.3 is 0 Å². The summed E-state index contributed by atoms with van der Waals surface area (Å²) in [7, 11) is 8.40. The van der Waals surface area contributed by atoms with Crippen LogP contribution in [-0.4, -0.2) is 118 Å². The predicted molar refractivity (Wildman–Crippen MR) is 145 cm³/mol. The maximum absolute atomic E-state index is 13.7. The molecule has 0 heterocycles. The molecule has 0 spiro atoms. The Morgan fingerprint density at radius 2 is 1.62 bits per heavy atom. The van der Waals surface area contributed by atoms with Crippen molar-refractivity contribution >= 4 is 24.0 Å². The van der Waals surface area contributed by atoms with Crippen LogP contribution in [0.2, 0.25) is 0 Å². The monoisotopic (exact) mass is 528 g/mol. The molecule has 0 aromatic heterocycles. The van der Waals surface area contributed by atoms with Gasteiger partial charge in [-0.1, -0.05) is 41.0 Å². The van der Waals surface area contributed by atoms with E-state index in [1.807, 2.05) is 34.6 Å². The Bertz CT molecular complexity index is 702. The lowest BCUT2D eigenvalue weighted by molar-refractivity contribution is -0.146. The molecule has 216 valence electrons. The number of nitrogens with zero attached hydrogens (tertiary/aromatic N) is 3. The number of carbonyl (C=O) groups is 4. The average Bonchev–Trinajstić information content (AvgIpc) is 2.84. The van der Waals surface area contributed by atoms with Gasteiger partial charge in [0.2, 0.25) is 17.7 Å². The molecule has 3 amide bonds. The third kappa shape index (κ3) is 11.9. The maximum Gasteiger partial charge on any atom is 0.245 e. The molecule has 0 aliphatic heterocycles. The first-order chi connectivity index (χ1) is 17.4. The van der Waals surface area contributed by atoms with Crippen molar-refractivity contribution < 1.29 is 28.7 Å². The zero-order chi connectivity index (χ0) is 28.7. The minimum absolute atomic E-state index is 0.0402. The molecule has 0 aliphatic rings. The molecule has 0 unspecified atom stereocenters. The fourth-order valence-corrected chi connectivity index (χ4v) is 4.46. The van der Waals surface area contributed by atoms with Crippen molar-refractivity contribution in [1.82, 2.24) is 20.0 Å². The summed E-state index contributed by atoms with van der Waals surface area (Å²) in [4.78, 5) is 55.6. The quantitative estimate of drug-likeness (QED) is 0.255. The van der Waals surface area contributed by atoms with Crippen molar-refractivity contribution in [3.8, 4) is 0 Å². The highest BCUT2D eigenvalue weighted by Crippen LogP contribution is 2.24. The van der Waals surface area contributed by atoms with Gasteiger partial charge in [0, 0.05) is 40.8 Å². The van der Waals surface area contributed by atoms with Gasteiger partial charge in [-0.05, 0) is 32.4 Å². The first-order valence-corrected chi connectivity index (χ1v) is 13.4. The molecule has 0 saturated carbocycles. The lowest BCUT2D eigenvalue weighted by Gasteiger charge is -2.40. The van der Waals surface area contributed by atoms with E-state index >= 15 is 0 Å². The molecule has 0 rings (SSSR count). The van der Waals surface area contributed by atoms with Gasteiger partial charge in [0.1, 0.15) is 12.3 Å². The van der Waals surface area contributed by atoms with Gasteiger partial charge in [-0.3, -0.25) is 14.4 Å². The van der Waals surface area contributed by atoms with Gasteiger partial charge in [0.15, 0.2) is 0 Å². The summed E-state index contributed by atoms with van der Waals surface area (Å²) in [5, 5.41) is 2.88. The normalized spacial score (nSPS) is 15.6. The van der Waals surface area contributed by atoms with Crippen molar-refractivity contribution in [2.24, 2.45) is 11.8 Å². The van der Waals surface area contributed by atoms with Crippen LogP contribution in [0.4, 0.5) is 0 Å². The van der Waals surface area contributed by atoms with E-state index < -0.39 is 12.1 Å². The Kier molecular flexibility index (Phi) is 17.2. The van der Waals surface area contributed by atoms with E-state index in [2.05, 4.69) is 5.32 Å². The van der Waals surface area contributed by atoms with Gasteiger partial charge in [-0.25, -0.2) is 0 Å². The predicted octanol–water partition coefficient (Wildman–Crippen LogP) is 1.81. The molecule has 0 saturated heterocycles. The lowest BCUT2D eigenvalue weighted by Crippen LogP contribution is -2.58. The summed E-state index contributed by atoms with van der Waals surface area (Å²) in [5.74, 6) is -0.626. The van der Waals surface area contributed by atoms with Gasteiger partial charge in [-0.2, -0.15) is 0 Å². The fourth-order valence-electron chi connectivity index (χ4n) is 4.46. The zero-order valence-electron chi connectivity index (χ0n) is 24.8. The minimum atomic E-state index is -0.695. The molecule has 0 aromatic carbocycles. The van der Waals surface area contributed by atoms with Crippen LogP contribution in [0.25, 0.3) is 0 Å². The highest BCUT2D eigenvalue weighted by molar-refractivity contribution is 5.88. The summed E-state index contributed by atoms with van der Waals surface area (Å²) in [5.41, 5.74) is 0. The van der Waals surface area contributed by atoms with Gasteiger partial charge in [-0.15, -0.1) is 0 Å². The Hall–Kier alpha value is -2.04. The standard InChI is InChI=1S/C27H52N4O6/c1-11-14-31(17-21(36-9)13-15-32)24(34)16-22(37-10)26(20(5)12-2)30(8)27(35)25(19(3)4)28-23(33)18-29(6)7/h15,19-22,25-26H,11-14,16-18H2,1-10H3,(H,28,33)/t20-,21+,22+,25-,26-/m0/s1. The molecule has 0 aromatic rings. The molecular formula is C27H52N4O6. The van der Waals surface area contributed by atoms with Crippen LogP contribution in [-0.2, 0) is 28.7 Å². The van der Waals surface area contributed by atoms with E-state index in [0.717, 1.165) is 19.1 Å². The first-order valence-electron chi connectivity index (χ1n) is 13.4. The van der Waals surface area contributed by atoms with Crippen LogP contribution in [0.3, 0.4) is 0 Å². The van der Waals surface area contributed by atoms with E-state index in [1.54, 1.807) is 43.0 Å². The van der Waals surface area contributed by atoms with Crippen LogP contribution >= 0.6 is 0 Å². The number of rotatable bonds is 19. The third-order valence-corrected chi connectivity index (χ3v) is 6.75. The van der Waals surface area contributed by atoms with E-state index in [-0.39, 0.29) is 61.1 Å². The number of carbonyl (C=O) groups excluding carboxylic acids is 4. The molecule has 0 bridgehead atoms. The van der Waals surface area contributed by atoms with Crippen molar-refractivity contribution in [3.63, 3.8) is 0 Å². The minimum Gasteiger partial charge on any atom is -0.379 e. The molecule has 1 N–H and O–H groups in total. The van der Waals surface area contributed by atoms with Crippen LogP contribution in [0.1, 0.15) is 60.3 Å². The number of hydrogen-bond acceptors (Lipinski definition) is 7.